The van der Waals surface area contributed by atoms with E-state index in [0.29, 0.717) is 13.1 Å². The molecule has 1 amide bonds. The molecule has 3 N–H and O–H groups in total. The van der Waals surface area contributed by atoms with Crippen LogP contribution in [0.2, 0.25) is 0 Å². The minimum absolute atomic E-state index is 0.0497. The molecule has 9 heteroatoms. The van der Waals surface area contributed by atoms with Gasteiger partial charge in [0.25, 0.3) is 5.91 Å². The number of hydrogen-bond donors (Lipinski definition) is 3. The summed E-state index contributed by atoms with van der Waals surface area (Å²) in [7, 11) is -3.66. The SMILES string of the molecule is C=C(NNC(=O)c1cccc(S(=O)(=O)N2CCCCC2)c1)c1cc(F)ccc1O. The Morgan fingerprint density at radius 1 is 1.07 bits per heavy atom. The number of rotatable bonds is 6. The zero-order valence-corrected chi connectivity index (χ0v) is 16.5. The fourth-order valence-corrected chi connectivity index (χ4v) is 4.64. The van der Waals surface area contributed by atoms with E-state index in [0.717, 1.165) is 31.4 Å². The third kappa shape index (κ3) is 4.75. The Labute approximate surface area is 168 Å². The number of amides is 1. The minimum Gasteiger partial charge on any atom is -0.507 e. The van der Waals surface area contributed by atoms with Gasteiger partial charge in [0.05, 0.1) is 10.6 Å². The fourth-order valence-electron chi connectivity index (χ4n) is 3.07. The number of nitrogens with zero attached hydrogens (tertiary/aromatic N) is 1. The number of aromatic hydroxyl groups is 1. The number of piperidine rings is 1. The molecule has 0 saturated carbocycles. The van der Waals surface area contributed by atoms with Gasteiger partial charge in [0.2, 0.25) is 10.0 Å². The van der Waals surface area contributed by atoms with Crippen LogP contribution in [0.25, 0.3) is 5.70 Å². The summed E-state index contributed by atoms with van der Waals surface area (Å²) in [6.45, 7) is 4.59. The van der Waals surface area contributed by atoms with Gasteiger partial charge in [0, 0.05) is 24.2 Å². The van der Waals surface area contributed by atoms with Crippen LogP contribution >= 0.6 is 0 Å². The second kappa shape index (κ2) is 8.62. The lowest BCUT2D eigenvalue weighted by Gasteiger charge is -2.26. The third-order valence-electron chi connectivity index (χ3n) is 4.66. The number of carbonyl (C=O) groups is 1. The molecule has 0 radical (unpaired) electrons. The van der Waals surface area contributed by atoms with Gasteiger partial charge in [0.15, 0.2) is 0 Å². The maximum Gasteiger partial charge on any atom is 0.269 e. The Morgan fingerprint density at radius 3 is 2.52 bits per heavy atom. The van der Waals surface area contributed by atoms with Gasteiger partial charge in [-0.05, 0) is 49.2 Å². The molecule has 0 unspecified atom stereocenters. The number of benzene rings is 2. The van der Waals surface area contributed by atoms with E-state index >= 15 is 0 Å². The van der Waals surface area contributed by atoms with Crippen LogP contribution in [0.15, 0.2) is 53.9 Å². The van der Waals surface area contributed by atoms with E-state index in [4.69, 9.17) is 0 Å². The number of halogens is 1. The molecular weight excluding hydrogens is 397 g/mol. The molecule has 1 aliphatic rings. The topological polar surface area (TPSA) is 98.7 Å². The molecule has 1 aliphatic heterocycles. The minimum atomic E-state index is -3.66. The lowest BCUT2D eigenvalue weighted by atomic mass is 10.1. The highest BCUT2D eigenvalue weighted by atomic mass is 32.2. The van der Waals surface area contributed by atoms with E-state index in [1.165, 1.54) is 34.6 Å². The molecular formula is C20H22FN3O4S. The highest BCUT2D eigenvalue weighted by Crippen LogP contribution is 2.23. The van der Waals surface area contributed by atoms with Crippen LogP contribution in [0.4, 0.5) is 4.39 Å². The van der Waals surface area contributed by atoms with Crippen molar-refractivity contribution in [3.05, 3.63) is 66.0 Å². The summed E-state index contributed by atoms with van der Waals surface area (Å²) in [4.78, 5) is 12.5. The van der Waals surface area contributed by atoms with Gasteiger partial charge in [-0.2, -0.15) is 4.31 Å². The predicted molar refractivity (Wildman–Crippen MR) is 107 cm³/mol. The highest BCUT2D eigenvalue weighted by molar-refractivity contribution is 7.89. The highest BCUT2D eigenvalue weighted by Gasteiger charge is 2.26. The number of sulfonamides is 1. The smallest absolute Gasteiger partial charge is 0.269 e. The van der Waals surface area contributed by atoms with Crippen molar-refractivity contribution in [1.82, 2.24) is 15.2 Å². The molecule has 3 rings (SSSR count). The van der Waals surface area contributed by atoms with Gasteiger partial charge in [-0.1, -0.05) is 19.1 Å². The van der Waals surface area contributed by atoms with Crippen molar-refractivity contribution < 1.29 is 22.7 Å². The summed E-state index contributed by atoms with van der Waals surface area (Å²) in [5.74, 6) is -1.37. The van der Waals surface area contributed by atoms with Crippen LogP contribution < -0.4 is 10.9 Å². The van der Waals surface area contributed by atoms with Crippen molar-refractivity contribution in [2.24, 2.45) is 0 Å². The molecule has 1 heterocycles. The zero-order valence-electron chi connectivity index (χ0n) is 15.7. The molecule has 2 aromatic rings. The van der Waals surface area contributed by atoms with Crippen molar-refractivity contribution in [3.63, 3.8) is 0 Å². The van der Waals surface area contributed by atoms with Gasteiger partial charge >= 0.3 is 0 Å². The Bertz CT molecular complexity index is 1030. The quantitative estimate of drug-likeness (QED) is 0.625. The predicted octanol–water partition coefficient (Wildman–Crippen LogP) is 2.61. The number of carbonyl (C=O) groups excluding carboxylic acids is 1. The molecule has 7 nitrogen and oxygen atoms in total. The third-order valence-corrected chi connectivity index (χ3v) is 6.55. The number of phenols is 1. The van der Waals surface area contributed by atoms with Crippen LogP contribution in [0.5, 0.6) is 5.75 Å². The summed E-state index contributed by atoms with van der Waals surface area (Å²) in [6, 6.07) is 9.09. The Hall–Kier alpha value is -2.91. The molecule has 0 bridgehead atoms. The summed E-state index contributed by atoms with van der Waals surface area (Å²) < 4.78 is 40.4. The summed E-state index contributed by atoms with van der Waals surface area (Å²) in [5.41, 5.74) is 5.18. The molecule has 2 aromatic carbocycles. The summed E-state index contributed by atoms with van der Waals surface area (Å²) in [6.07, 6.45) is 2.64. The van der Waals surface area contributed by atoms with Gasteiger partial charge in [-0.3, -0.25) is 15.6 Å². The maximum atomic E-state index is 13.4. The van der Waals surface area contributed by atoms with Crippen molar-refractivity contribution in [2.45, 2.75) is 24.2 Å². The molecule has 1 fully saturated rings. The molecule has 0 atom stereocenters. The second-order valence-electron chi connectivity index (χ2n) is 6.71. The molecule has 0 spiro atoms. The fraction of sp³-hybridized carbons (Fsp3) is 0.250. The molecule has 29 heavy (non-hydrogen) atoms. The molecule has 1 saturated heterocycles. The van der Waals surface area contributed by atoms with Crippen LogP contribution in [-0.4, -0.2) is 36.8 Å². The second-order valence-corrected chi connectivity index (χ2v) is 8.65. The Kier molecular flexibility index (Phi) is 6.19. The molecule has 0 aromatic heterocycles. The van der Waals surface area contributed by atoms with Crippen LogP contribution in [-0.2, 0) is 10.0 Å². The van der Waals surface area contributed by atoms with Gasteiger partial charge in [-0.25, -0.2) is 12.8 Å². The van der Waals surface area contributed by atoms with Crippen molar-refractivity contribution in [3.8, 4) is 5.75 Å². The molecule has 0 aliphatic carbocycles. The van der Waals surface area contributed by atoms with Crippen molar-refractivity contribution in [1.29, 1.82) is 0 Å². The number of phenolic OH excluding ortho intramolecular Hbond substituents is 1. The Morgan fingerprint density at radius 2 is 1.79 bits per heavy atom. The van der Waals surface area contributed by atoms with E-state index in [-0.39, 0.29) is 27.5 Å². The van der Waals surface area contributed by atoms with Crippen LogP contribution in [0.3, 0.4) is 0 Å². The average Bonchev–Trinajstić information content (AvgIpc) is 2.74. The summed E-state index contributed by atoms with van der Waals surface area (Å²) >= 11 is 0. The van der Waals surface area contributed by atoms with Crippen molar-refractivity contribution >= 4 is 21.6 Å². The lowest BCUT2D eigenvalue weighted by Crippen LogP contribution is -2.37. The van der Waals surface area contributed by atoms with E-state index in [9.17, 15) is 22.7 Å². The van der Waals surface area contributed by atoms with Gasteiger partial charge in [0.1, 0.15) is 11.6 Å². The van der Waals surface area contributed by atoms with E-state index in [1.807, 2.05) is 0 Å². The Balaban J connectivity index is 1.71. The van der Waals surface area contributed by atoms with E-state index < -0.39 is 21.7 Å². The number of nitrogens with one attached hydrogen (secondary N) is 2. The van der Waals surface area contributed by atoms with Crippen LogP contribution in [0.1, 0.15) is 35.2 Å². The van der Waals surface area contributed by atoms with Gasteiger partial charge in [-0.15, -0.1) is 0 Å². The number of hydrazine groups is 1. The first-order valence-corrected chi connectivity index (χ1v) is 10.6. The zero-order chi connectivity index (χ0) is 21.0. The average molecular weight is 419 g/mol. The van der Waals surface area contributed by atoms with Crippen LogP contribution in [0, 0.1) is 5.82 Å². The number of hydrogen-bond acceptors (Lipinski definition) is 5. The van der Waals surface area contributed by atoms with Crippen molar-refractivity contribution in [2.75, 3.05) is 13.1 Å². The molecule has 154 valence electrons. The normalized spacial score (nSPS) is 14.9. The first-order valence-electron chi connectivity index (χ1n) is 9.13. The maximum absolute atomic E-state index is 13.4. The standard InChI is InChI=1S/C20H22FN3O4S/c1-14(18-13-16(21)8-9-19(18)25)22-23-20(26)15-6-5-7-17(12-15)29(27,28)24-10-3-2-4-11-24/h5-9,12-13,22,25H,1-4,10-11H2,(H,23,26). The monoisotopic (exact) mass is 419 g/mol. The largest absolute Gasteiger partial charge is 0.507 e. The lowest BCUT2D eigenvalue weighted by molar-refractivity contribution is 0.0942. The van der Waals surface area contributed by atoms with E-state index in [2.05, 4.69) is 17.4 Å². The first kappa shape index (κ1) is 20.8. The first-order chi connectivity index (χ1) is 13.8. The van der Waals surface area contributed by atoms with Gasteiger partial charge < -0.3 is 5.11 Å². The summed E-state index contributed by atoms with van der Waals surface area (Å²) in [5, 5.41) is 9.79. The van der Waals surface area contributed by atoms with E-state index in [1.54, 1.807) is 0 Å².